The second kappa shape index (κ2) is 6.86. The van der Waals surface area contributed by atoms with Gasteiger partial charge in [0.25, 0.3) is 0 Å². The Morgan fingerprint density at radius 1 is 1.00 bits per heavy atom. The third kappa shape index (κ3) is 3.70. The molecule has 112 valence electrons. The van der Waals surface area contributed by atoms with Crippen molar-refractivity contribution in [2.24, 2.45) is 0 Å². The molecular weight excluding hydrogens is 284 g/mol. The summed E-state index contributed by atoms with van der Waals surface area (Å²) in [7, 11) is 1.68. The van der Waals surface area contributed by atoms with Gasteiger partial charge in [-0.1, -0.05) is 23.8 Å². The summed E-state index contributed by atoms with van der Waals surface area (Å²) in [6, 6.07) is 10.3. The lowest BCUT2D eigenvalue weighted by Gasteiger charge is -2.15. The van der Waals surface area contributed by atoms with E-state index in [0.717, 1.165) is 33.8 Å². The lowest BCUT2D eigenvalue weighted by Crippen LogP contribution is -2.02. The fraction of sp³-hybridized carbons (Fsp3) is 0.333. The molecule has 2 aromatic carbocycles. The lowest BCUT2D eigenvalue weighted by molar-refractivity contribution is 0.292. The molecule has 0 aromatic heterocycles. The van der Waals surface area contributed by atoms with Gasteiger partial charge in [0, 0.05) is 11.4 Å². The molecule has 0 aliphatic carbocycles. The standard InChI is InChI=1S/C18H21ClO2/c1-12-5-6-17(20-4)16(7-12)11-21-18-13(2)8-15(10-19)9-14(18)3/h5-9H,10-11H2,1-4H3. The number of halogens is 1. The first kappa shape index (κ1) is 15.7. The molecule has 0 aliphatic heterocycles. The number of benzene rings is 2. The van der Waals surface area contributed by atoms with E-state index in [4.69, 9.17) is 21.1 Å². The Balaban J connectivity index is 2.22. The zero-order valence-corrected chi connectivity index (χ0v) is 13.8. The van der Waals surface area contributed by atoms with Crippen LogP contribution >= 0.6 is 11.6 Å². The summed E-state index contributed by atoms with van der Waals surface area (Å²) in [5, 5.41) is 0. The fourth-order valence-corrected chi connectivity index (χ4v) is 2.67. The maximum absolute atomic E-state index is 6.03. The van der Waals surface area contributed by atoms with E-state index < -0.39 is 0 Å². The quantitative estimate of drug-likeness (QED) is 0.729. The number of aryl methyl sites for hydroxylation is 3. The van der Waals surface area contributed by atoms with Crippen LogP contribution in [-0.2, 0) is 12.5 Å². The monoisotopic (exact) mass is 304 g/mol. The van der Waals surface area contributed by atoms with Crippen molar-refractivity contribution < 1.29 is 9.47 Å². The molecule has 0 spiro atoms. The Morgan fingerprint density at radius 2 is 1.67 bits per heavy atom. The van der Waals surface area contributed by atoms with E-state index in [-0.39, 0.29) is 0 Å². The molecule has 0 saturated heterocycles. The summed E-state index contributed by atoms with van der Waals surface area (Å²) >= 11 is 5.90. The number of hydrogen-bond donors (Lipinski definition) is 0. The Morgan fingerprint density at radius 3 is 2.24 bits per heavy atom. The zero-order valence-electron chi connectivity index (χ0n) is 13.0. The van der Waals surface area contributed by atoms with Crippen LogP contribution in [0.1, 0.15) is 27.8 Å². The van der Waals surface area contributed by atoms with Crippen LogP contribution in [0.2, 0.25) is 0 Å². The third-order valence-corrected chi connectivity index (χ3v) is 3.79. The minimum Gasteiger partial charge on any atom is -0.496 e. The average molecular weight is 305 g/mol. The molecule has 0 amide bonds. The normalized spacial score (nSPS) is 10.5. The lowest BCUT2D eigenvalue weighted by atomic mass is 10.1. The van der Waals surface area contributed by atoms with Gasteiger partial charge in [0.2, 0.25) is 0 Å². The van der Waals surface area contributed by atoms with Crippen molar-refractivity contribution in [3.05, 3.63) is 58.1 Å². The van der Waals surface area contributed by atoms with Crippen molar-refractivity contribution in [3.63, 3.8) is 0 Å². The smallest absolute Gasteiger partial charge is 0.125 e. The van der Waals surface area contributed by atoms with E-state index in [1.165, 1.54) is 5.56 Å². The number of methoxy groups -OCH3 is 1. The van der Waals surface area contributed by atoms with Crippen LogP contribution < -0.4 is 9.47 Å². The second-order valence-corrected chi connectivity index (χ2v) is 5.56. The van der Waals surface area contributed by atoms with E-state index in [1.54, 1.807) is 7.11 Å². The van der Waals surface area contributed by atoms with Gasteiger partial charge in [0.1, 0.15) is 18.1 Å². The third-order valence-electron chi connectivity index (χ3n) is 3.48. The highest BCUT2D eigenvalue weighted by atomic mass is 35.5. The minimum absolute atomic E-state index is 0.493. The second-order valence-electron chi connectivity index (χ2n) is 5.30. The maximum atomic E-state index is 6.03. The molecule has 0 bridgehead atoms. The van der Waals surface area contributed by atoms with Crippen molar-refractivity contribution in [1.82, 2.24) is 0 Å². The van der Waals surface area contributed by atoms with Crippen LogP contribution in [0.5, 0.6) is 11.5 Å². The van der Waals surface area contributed by atoms with Gasteiger partial charge in [0.15, 0.2) is 0 Å². The molecule has 2 nitrogen and oxygen atoms in total. The SMILES string of the molecule is COc1ccc(C)cc1COc1c(C)cc(CCl)cc1C. The Labute approximate surface area is 131 Å². The highest BCUT2D eigenvalue weighted by Gasteiger charge is 2.09. The molecule has 0 radical (unpaired) electrons. The molecule has 0 unspecified atom stereocenters. The summed E-state index contributed by atoms with van der Waals surface area (Å²) in [5.41, 5.74) is 5.58. The molecule has 0 aliphatic rings. The Hall–Kier alpha value is -1.67. The maximum Gasteiger partial charge on any atom is 0.125 e. The number of hydrogen-bond acceptors (Lipinski definition) is 2. The number of ether oxygens (including phenoxy) is 2. The molecule has 3 heteroatoms. The van der Waals surface area contributed by atoms with Crippen LogP contribution in [0, 0.1) is 20.8 Å². The predicted molar refractivity (Wildman–Crippen MR) is 87.5 cm³/mol. The summed E-state index contributed by atoms with van der Waals surface area (Å²) in [4.78, 5) is 0. The van der Waals surface area contributed by atoms with Crippen molar-refractivity contribution in [2.75, 3.05) is 7.11 Å². The van der Waals surface area contributed by atoms with E-state index in [9.17, 15) is 0 Å². The van der Waals surface area contributed by atoms with Crippen molar-refractivity contribution in [2.45, 2.75) is 33.3 Å². The van der Waals surface area contributed by atoms with E-state index in [0.29, 0.717) is 12.5 Å². The molecule has 0 atom stereocenters. The predicted octanol–water partition coefficient (Wildman–Crippen LogP) is 4.94. The van der Waals surface area contributed by atoms with E-state index >= 15 is 0 Å². The first-order valence-corrected chi connectivity index (χ1v) is 7.51. The summed E-state index contributed by atoms with van der Waals surface area (Å²) in [6.45, 7) is 6.65. The molecule has 2 aromatic rings. The minimum atomic E-state index is 0.493. The molecule has 2 rings (SSSR count). The van der Waals surface area contributed by atoms with Crippen LogP contribution in [0.15, 0.2) is 30.3 Å². The van der Waals surface area contributed by atoms with Crippen LogP contribution in [-0.4, -0.2) is 7.11 Å². The number of rotatable bonds is 5. The largest absolute Gasteiger partial charge is 0.496 e. The first-order chi connectivity index (χ1) is 10.0. The van der Waals surface area contributed by atoms with Crippen molar-refractivity contribution in [3.8, 4) is 11.5 Å². The highest BCUT2D eigenvalue weighted by molar-refractivity contribution is 6.17. The molecule has 0 fully saturated rings. The van der Waals surface area contributed by atoms with Gasteiger partial charge in [-0.2, -0.15) is 0 Å². The molecule has 0 saturated carbocycles. The summed E-state index contributed by atoms with van der Waals surface area (Å²) < 4.78 is 11.4. The van der Waals surface area contributed by atoms with Crippen molar-refractivity contribution in [1.29, 1.82) is 0 Å². The number of alkyl halides is 1. The molecule has 21 heavy (non-hydrogen) atoms. The Bertz CT molecular complexity index is 612. The van der Waals surface area contributed by atoms with Crippen LogP contribution in [0.25, 0.3) is 0 Å². The summed E-state index contributed by atoms with van der Waals surface area (Å²) in [5.74, 6) is 2.30. The topological polar surface area (TPSA) is 18.5 Å². The first-order valence-electron chi connectivity index (χ1n) is 6.97. The van der Waals surface area contributed by atoms with Gasteiger partial charge in [-0.3, -0.25) is 0 Å². The molecule has 0 heterocycles. The van der Waals surface area contributed by atoms with Gasteiger partial charge in [-0.05, 0) is 49.6 Å². The highest BCUT2D eigenvalue weighted by Crippen LogP contribution is 2.28. The van der Waals surface area contributed by atoms with Gasteiger partial charge in [-0.15, -0.1) is 11.6 Å². The van der Waals surface area contributed by atoms with Gasteiger partial charge >= 0.3 is 0 Å². The van der Waals surface area contributed by atoms with E-state index in [1.807, 2.05) is 26.0 Å². The van der Waals surface area contributed by atoms with Crippen LogP contribution in [0.3, 0.4) is 0 Å². The Kier molecular flexibility index (Phi) is 5.13. The fourth-order valence-electron chi connectivity index (χ4n) is 2.51. The van der Waals surface area contributed by atoms with Gasteiger partial charge in [-0.25, -0.2) is 0 Å². The average Bonchev–Trinajstić information content (AvgIpc) is 2.46. The van der Waals surface area contributed by atoms with Gasteiger partial charge in [0.05, 0.1) is 7.11 Å². The van der Waals surface area contributed by atoms with Crippen LogP contribution in [0.4, 0.5) is 0 Å². The van der Waals surface area contributed by atoms with Gasteiger partial charge < -0.3 is 9.47 Å². The summed E-state index contributed by atoms with van der Waals surface area (Å²) in [6.07, 6.45) is 0. The zero-order chi connectivity index (χ0) is 15.4. The van der Waals surface area contributed by atoms with Crippen molar-refractivity contribution >= 4 is 11.6 Å². The van der Waals surface area contributed by atoms with E-state index in [2.05, 4.69) is 25.1 Å². The molecular formula is C18H21ClO2. The molecule has 0 N–H and O–H groups in total.